The fourth-order valence-electron chi connectivity index (χ4n) is 3.68. The Kier molecular flexibility index (Phi) is 6.98. The molecule has 3 aromatic rings. The number of alkyl halides is 1. The highest BCUT2D eigenvalue weighted by atomic mass is 19.1. The SMILES string of the molecule is CCCCc1nc(-c2cccc(F)c2O)n(C(CF)c2ccccc2)c(=O)c1CC. The molecule has 158 valence electrons. The maximum atomic E-state index is 14.3. The van der Waals surface area contributed by atoms with Crippen LogP contribution in [-0.2, 0) is 12.8 Å². The monoisotopic (exact) mass is 412 g/mol. The van der Waals surface area contributed by atoms with E-state index in [0.717, 1.165) is 18.9 Å². The van der Waals surface area contributed by atoms with Gasteiger partial charge in [-0.1, -0.05) is 56.7 Å². The molecule has 1 unspecified atom stereocenters. The number of unbranched alkanes of at least 4 members (excludes halogenated alkanes) is 1. The summed E-state index contributed by atoms with van der Waals surface area (Å²) in [6, 6.07) is 11.9. The molecule has 0 bridgehead atoms. The number of aromatic nitrogens is 2. The number of nitrogens with zero attached hydrogens (tertiary/aromatic N) is 2. The van der Waals surface area contributed by atoms with E-state index in [1.165, 1.54) is 16.7 Å². The Morgan fingerprint density at radius 1 is 1.10 bits per heavy atom. The van der Waals surface area contributed by atoms with Crippen molar-refractivity contribution in [2.24, 2.45) is 0 Å². The molecule has 0 saturated heterocycles. The average Bonchev–Trinajstić information content (AvgIpc) is 2.76. The minimum Gasteiger partial charge on any atom is -0.504 e. The van der Waals surface area contributed by atoms with Crippen LogP contribution < -0.4 is 5.56 Å². The number of hydrogen-bond acceptors (Lipinski definition) is 3. The Hall–Kier alpha value is -3.02. The van der Waals surface area contributed by atoms with Crippen LogP contribution in [0.2, 0.25) is 0 Å². The van der Waals surface area contributed by atoms with Gasteiger partial charge in [0.05, 0.1) is 17.3 Å². The van der Waals surface area contributed by atoms with E-state index in [2.05, 4.69) is 4.98 Å². The predicted octanol–water partition coefficient (Wildman–Crippen LogP) is 5.22. The molecule has 3 rings (SSSR count). The normalized spacial score (nSPS) is 12.1. The second kappa shape index (κ2) is 9.65. The zero-order chi connectivity index (χ0) is 21.7. The highest BCUT2D eigenvalue weighted by molar-refractivity contribution is 5.65. The zero-order valence-electron chi connectivity index (χ0n) is 17.2. The van der Waals surface area contributed by atoms with Crippen LogP contribution in [0.5, 0.6) is 5.75 Å². The molecule has 0 aliphatic carbocycles. The van der Waals surface area contributed by atoms with Crippen LogP contribution >= 0.6 is 0 Å². The van der Waals surface area contributed by atoms with E-state index in [9.17, 15) is 18.7 Å². The zero-order valence-corrected chi connectivity index (χ0v) is 17.2. The Labute approximate surface area is 174 Å². The summed E-state index contributed by atoms with van der Waals surface area (Å²) in [6.45, 7) is 3.07. The van der Waals surface area contributed by atoms with E-state index in [-0.39, 0.29) is 16.9 Å². The fourth-order valence-corrected chi connectivity index (χ4v) is 3.68. The summed E-state index contributed by atoms with van der Waals surface area (Å²) in [6.07, 6.45) is 2.80. The quantitative estimate of drug-likeness (QED) is 0.552. The van der Waals surface area contributed by atoms with Crippen molar-refractivity contribution in [3.8, 4) is 17.1 Å². The number of benzene rings is 2. The van der Waals surface area contributed by atoms with E-state index in [1.807, 2.05) is 19.9 Å². The van der Waals surface area contributed by atoms with Crippen molar-refractivity contribution in [1.29, 1.82) is 0 Å². The Balaban J connectivity index is 2.36. The molecule has 0 aliphatic heterocycles. The number of aryl methyl sites for hydroxylation is 1. The van der Waals surface area contributed by atoms with Gasteiger partial charge < -0.3 is 5.11 Å². The van der Waals surface area contributed by atoms with E-state index >= 15 is 0 Å². The second-order valence-electron chi connectivity index (χ2n) is 7.21. The average molecular weight is 412 g/mol. The number of halogens is 2. The topological polar surface area (TPSA) is 55.1 Å². The van der Waals surface area contributed by atoms with Crippen molar-refractivity contribution in [1.82, 2.24) is 9.55 Å². The van der Waals surface area contributed by atoms with E-state index in [1.54, 1.807) is 24.3 Å². The molecule has 0 fully saturated rings. The van der Waals surface area contributed by atoms with Gasteiger partial charge in [-0.15, -0.1) is 0 Å². The van der Waals surface area contributed by atoms with Gasteiger partial charge in [0.1, 0.15) is 12.5 Å². The molecule has 4 nitrogen and oxygen atoms in total. The standard InChI is InChI=1S/C24H26F2N2O2/c1-3-5-14-20-17(4-2)24(30)28(21(15-25)16-10-7-6-8-11-16)23(27-20)18-12-9-13-19(26)22(18)29/h6-13,21,29H,3-5,14-15H2,1-2H3. The first kappa shape index (κ1) is 21.7. The summed E-state index contributed by atoms with van der Waals surface area (Å²) >= 11 is 0. The fraction of sp³-hybridized carbons (Fsp3) is 0.333. The minimum atomic E-state index is -0.936. The van der Waals surface area contributed by atoms with Gasteiger partial charge in [0, 0.05) is 5.56 Å². The van der Waals surface area contributed by atoms with Gasteiger partial charge >= 0.3 is 0 Å². The molecule has 1 aromatic heterocycles. The predicted molar refractivity (Wildman–Crippen MR) is 114 cm³/mol. The van der Waals surface area contributed by atoms with Crippen LogP contribution in [0.1, 0.15) is 49.6 Å². The third-order valence-corrected chi connectivity index (χ3v) is 5.28. The minimum absolute atomic E-state index is 0.0712. The summed E-state index contributed by atoms with van der Waals surface area (Å²) in [4.78, 5) is 18.2. The van der Waals surface area contributed by atoms with Crippen molar-refractivity contribution >= 4 is 0 Å². The molecule has 0 amide bonds. The van der Waals surface area contributed by atoms with Gasteiger partial charge in [-0.25, -0.2) is 13.8 Å². The Bertz CT molecular complexity index is 1060. The molecule has 30 heavy (non-hydrogen) atoms. The number of hydrogen-bond donors (Lipinski definition) is 1. The van der Waals surface area contributed by atoms with E-state index < -0.39 is 24.3 Å². The first-order chi connectivity index (χ1) is 14.5. The lowest BCUT2D eigenvalue weighted by molar-refractivity contribution is 0.387. The van der Waals surface area contributed by atoms with Crippen LogP contribution in [0.15, 0.2) is 53.3 Å². The van der Waals surface area contributed by atoms with Crippen LogP contribution in [0.4, 0.5) is 8.78 Å². The maximum Gasteiger partial charge on any atom is 0.257 e. The molecule has 1 atom stereocenters. The lowest BCUT2D eigenvalue weighted by atomic mass is 10.0. The number of rotatable bonds is 8. The third kappa shape index (κ3) is 4.13. The van der Waals surface area contributed by atoms with Crippen molar-refractivity contribution in [3.63, 3.8) is 0 Å². The first-order valence-electron chi connectivity index (χ1n) is 10.3. The third-order valence-electron chi connectivity index (χ3n) is 5.28. The lowest BCUT2D eigenvalue weighted by Crippen LogP contribution is -2.33. The van der Waals surface area contributed by atoms with Gasteiger partial charge in [-0.2, -0.15) is 0 Å². The van der Waals surface area contributed by atoms with Gasteiger partial charge in [0.15, 0.2) is 11.6 Å². The number of phenols is 1. The van der Waals surface area contributed by atoms with Crippen LogP contribution in [0, 0.1) is 5.82 Å². The van der Waals surface area contributed by atoms with Crippen molar-refractivity contribution in [2.45, 2.75) is 45.6 Å². The van der Waals surface area contributed by atoms with Gasteiger partial charge in [0.25, 0.3) is 5.56 Å². The van der Waals surface area contributed by atoms with Crippen molar-refractivity contribution < 1.29 is 13.9 Å². The first-order valence-corrected chi connectivity index (χ1v) is 10.3. The van der Waals surface area contributed by atoms with E-state index in [4.69, 9.17) is 0 Å². The smallest absolute Gasteiger partial charge is 0.257 e. The van der Waals surface area contributed by atoms with Crippen molar-refractivity contribution in [2.75, 3.05) is 6.67 Å². The van der Waals surface area contributed by atoms with Gasteiger partial charge in [0.2, 0.25) is 0 Å². The van der Waals surface area contributed by atoms with Gasteiger partial charge in [-0.3, -0.25) is 9.36 Å². The summed E-state index contributed by atoms with van der Waals surface area (Å²) in [5, 5.41) is 10.4. The maximum absolute atomic E-state index is 14.3. The summed E-state index contributed by atoms with van der Waals surface area (Å²) in [5.41, 5.74) is 1.46. The van der Waals surface area contributed by atoms with E-state index in [0.29, 0.717) is 29.7 Å². The van der Waals surface area contributed by atoms with Crippen LogP contribution in [-0.4, -0.2) is 21.3 Å². The number of aromatic hydroxyl groups is 1. The number of para-hydroxylation sites is 1. The highest BCUT2D eigenvalue weighted by Gasteiger charge is 2.25. The highest BCUT2D eigenvalue weighted by Crippen LogP contribution is 2.33. The largest absolute Gasteiger partial charge is 0.504 e. The number of phenolic OH excluding ortho intramolecular Hbond substituents is 1. The van der Waals surface area contributed by atoms with Crippen LogP contribution in [0.25, 0.3) is 11.4 Å². The molecule has 6 heteroatoms. The van der Waals surface area contributed by atoms with Crippen molar-refractivity contribution in [3.05, 3.63) is 81.5 Å². The molecule has 0 radical (unpaired) electrons. The molecule has 2 aromatic carbocycles. The van der Waals surface area contributed by atoms with Crippen LogP contribution in [0.3, 0.4) is 0 Å². The summed E-state index contributed by atoms with van der Waals surface area (Å²) in [5.74, 6) is -1.35. The lowest BCUT2D eigenvalue weighted by Gasteiger charge is -2.23. The molecule has 1 N–H and O–H groups in total. The molecule has 0 saturated carbocycles. The molecule has 0 aliphatic rings. The Morgan fingerprint density at radius 2 is 1.83 bits per heavy atom. The molecular formula is C24H26F2N2O2. The Morgan fingerprint density at radius 3 is 2.47 bits per heavy atom. The molecule has 1 heterocycles. The summed E-state index contributed by atoms with van der Waals surface area (Å²) in [7, 11) is 0. The summed E-state index contributed by atoms with van der Waals surface area (Å²) < 4.78 is 29.7. The molecular weight excluding hydrogens is 386 g/mol. The molecule has 0 spiro atoms. The van der Waals surface area contributed by atoms with Gasteiger partial charge in [-0.05, 0) is 37.0 Å². The second-order valence-corrected chi connectivity index (χ2v) is 7.21.